The summed E-state index contributed by atoms with van der Waals surface area (Å²) in [7, 11) is 0. The maximum Gasteiger partial charge on any atom is 0.341 e. The molecule has 0 spiro atoms. The molecule has 6 heteroatoms. The van der Waals surface area contributed by atoms with Crippen molar-refractivity contribution in [3.05, 3.63) is 29.8 Å². The average molecular weight is 507 g/mol. The Kier molecular flexibility index (Phi) is 16.9. The molecule has 1 aromatic carbocycles. The molecule has 1 aromatic rings. The number of benzene rings is 1. The van der Waals surface area contributed by atoms with Crippen LogP contribution in [0, 0.1) is 17.8 Å². The Morgan fingerprint density at radius 2 is 1.44 bits per heavy atom. The predicted molar refractivity (Wildman–Crippen MR) is 144 cm³/mol. The molecule has 4 atom stereocenters. The smallest absolute Gasteiger partial charge is 0.341 e. The molecule has 1 aliphatic carbocycles. The summed E-state index contributed by atoms with van der Waals surface area (Å²) >= 11 is 0. The minimum Gasteiger partial charge on any atom is -0.507 e. The minimum atomic E-state index is -0.484. The maximum atomic E-state index is 11.9. The standard InChI is InChI=1S/C15H28O3.C15H22O3/c2*1-3-5-8-12(4-2)11-18-15(17)13-9-6-7-10-14(13)16/h12-14,16H,3-11H2,1-2H3;6-7,9-10,12,16H,3-5,8,11H2,1-2H3. The average Bonchev–Trinajstić information content (AvgIpc) is 2.89. The highest BCUT2D eigenvalue weighted by atomic mass is 16.5. The summed E-state index contributed by atoms with van der Waals surface area (Å²) in [6, 6.07) is 6.46. The van der Waals surface area contributed by atoms with Crippen molar-refractivity contribution in [2.24, 2.45) is 17.8 Å². The van der Waals surface area contributed by atoms with Gasteiger partial charge in [0, 0.05) is 0 Å². The first-order valence-electron chi connectivity index (χ1n) is 14.2. The topological polar surface area (TPSA) is 93.1 Å². The number of aliphatic hydroxyl groups excluding tert-OH is 1. The molecule has 206 valence electrons. The molecule has 0 bridgehead atoms. The number of unbranched alkanes of at least 4 members (excludes halogenated alkanes) is 2. The predicted octanol–water partition coefficient (Wildman–Crippen LogP) is 7.06. The first kappa shape index (κ1) is 31.9. The maximum absolute atomic E-state index is 11.9. The minimum absolute atomic E-state index is 0.0240. The Balaban J connectivity index is 0.000000360. The number of phenolic OH excluding ortho intramolecular Hbond substituents is 1. The van der Waals surface area contributed by atoms with Crippen molar-refractivity contribution >= 4 is 11.9 Å². The SMILES string of the molecule is CCCCC(CC)COC(=O)C1CCCCC1O.CCCCC(CC)COC(=O)c1ccccc1O. The van der Waals surface area contributed by atoms with Crippen molar-refractivity contribution in [2.75, 3.05) is 13.2 Å². The van der Waals surface area contributed by atoms with Gasteiger partial charge in [0.1, 0.15) is 11.3 Å². The van der Waals surface area contributed by atoms with E-state index in [9.17, 15) is 19.8 Å². The number of aliphatic hydroxyl groups is 1. The molecule has 2 rings (SSSR count). The number of esters is 2. The lowest BCUT2D eigenvalue weighted by Crippen LogP contribution is -2.33. The van der Waals surface area contributed by atoms with Crippen LogP contribution in [0.1, 0.15) is 115 Å². The zero-order chi connectivity index (χ0) is 26.8. The van der Waals surface area contributed by atoms with E-state index < -0.39 is 12.1 Å². The molecule has 4 unspecified atom stereocenters. The number of aromatic hydroxyl groups is 1. The van der Waals surface area contributed by atoms with E-state index >= 15 is 0 Å². The zero-order valence-electron chi connectivity index (χ0n) is 23.0. The van der Waals surface area contributed by atoms with E-state index in [1.165, 1.54) is 18.9 Å². The number of hydrogen-bond acceptors (Lipinski definition) is 6. The summed E-state index contributed by atoms with van der Waals surface area (Å²) in [6.07, 6.45) is 12.1. The number of hydrogen-bond donors (Lipinski definition) is 2. The van der Waals surface area contributed by atoms with Gasteiger partial charge in [-0.3, -0.25) is 4.79 Å². The van der Waals surface area contributed by atoms with Crippen LogP contribution in [0.3, 0.4) is 0 Å². The van der Waals surface area contributed by atoms with Crippen molar-refractivity contribution in [3.63, 3.8) is 0 Å². The van der Waals surface area contributed by atoms with Crippen molar-refractivity contribution in [1.29, 1.82) is 0 Å². The van der Waals surface area contributed by atoms with Gasteiger partial charge in [-0.1, -0.05) is 91.2 Å². The summed E-state index contributed by atoms with van der Waals surface area (Å²) in [6.45, 7) is 9.54. The number of carbonyl (C=O) groups excluding carboxylic acids is 2. The summed E-state index contributed by atoms with van der Waals surface area (Å²) in [5.74, 6) is -0.0267. The van der Waals surface area contributed by atoms with Gasteiger partial charge < -0.3 is 19.7 Å². The summed E-state index contributed by atoms with van der Waals surface area (Å²) in [5.41, 5.74) is 0.239. The number of ether oxygens (including phenoxy) is 2. The van der Waals surface area contributed by atoms with Crippen molar-refractivity contribution < 1.29 is 29.3 Å². The molecule has 0 radical (unpaired) electrons. The van der Waals surface area contributed by atoms with Crippen molar-refractivity contribution in [2.45, 2.75) is 111 Å². The van der Waals surface area contributed by atoms with E-state index in [2.05, 4.69) is 27.7 Å². The van der Waals surface area contributed by atoms with E-state index in [1.54, 1.807) is 18.2 Å². The second-order valence-corrected chi connectivity index (χ2v) is 10.0. The zero-order valence-corrected chi connectivity index (χ0v) is 23.0. The molecule has 1 aliphatic rings. The van der Waals surface area contributed by atoms with Crippen LogP contribution in [0.4, 0.5) is 0 Å². The number of carbonyl (C=O) groups is 2. The lowest BCUT2D eigenvalue weighted by Gasteiger charge is -2.26. The number of rotatable bonds is 14. The summed E-state index contributed by atoms with van der Waals surface area (Å²) in [4.78, 5) is 23.7. The normalized spacial score (nSPS) is 18.9. The molecule has 0 aromatic heterocycles. The third-order valence-corrected chi connectivity index (χ3v) is 7.15. The second kappa shape index (κ2) is 19.1. The molecule has 1 saturated carbocycles. The van der Waals surface area contributed by atoms with Crippen molar-refractivity contribution in [1.82, 2.24) is 0 Å². The highest BCUT2D eigenvalue weighted by Gasteiger charge is 2.30. The van der Waals surface area contributed by atoms with Gasteiger partial charge in [0.2, 0.25) is 0 Å². The molecule has 0 aliphatic heterocycles. The highest BCUT2D eigenvalue weighted by Crippen LogP contribution is 2.26. The fourth-order valence-corrected chi connectivity index (χ4v) is 4.41. The van der Waals surface area contributed by atoms with Gasteiger partial charge in [-0.15, -0.1) is 0 Å². The monoisotopic (exact) mass is 506 g/mol. The Morgan fingerprint density at radius 3 is 1.97 bits per heavy atom. The van der Waals surface area contributed by atoms with Crippen LogP contribution in [-0.4, -0.2) is 41.5 Å². The number of phenols is 1. The Labute approximate surface area is 218 Å². The van der Waals surface area contributed by atoms with E-state index in [1.807, 2.05) is 0 Å². The molecule has 0 saturated heterocycles. The van der Waals surface area contributed by atoms with E-state index in [-0.39, 0.29) is 23.2 Å². The molecule has 2 N–H and O–H groups in total. The fraction of sp³-hybridized carbons (Fsp3) is 0.733. The van der Waals surface area contributed by atoms with Gasteiger partial charge in [-0.05, 0) is 49.7 Å². The Bertz CT molecular complexity index is 734. The van der Waals surface area contributed by atoms with Crippen LogP contribution >= 0.6 is 0 Å². The van der Waals surface area contributed by atoms with Gasteiger partial charge in [0.05, 0.1) is 25.2 Å². The van der Waals surface area contributed by atoms with Gasteiger partial charge >= 0.3 is 11.9 Å². The van der Waals surface area contributed by atoms with Gasteiger partial charge in [-0.2, -0.15) is 0 Å². The third-order valence-electron chi connectivity index (χ3n) is 7.15. The molecule has 1 fully saturated rings. The van der Waals surface area contributed by atoms with Crippen LogP contribution in [0.5, 0.6) is 5.75 Å². The Morgan fingerprint density at radius 1 is 0.889 bits per heavy atom. The van der Waals surface area contributed by atoms with Crippen molar-refractivity contribution in [3.8, 4) is 5.75 Å². The lowest BCUT2D eigenvalue weighted by atomic mass is 9.86. The van der Waals surface area contributed by atoms with Gasteiger partial charge in [-0.25, -0.2) is 4.79 Å². The summed E-state index contributed by atoms with van der Waals surface area (Å²) in [5, 5.41) is 19.3. The molecular weight excluding hydrogens is 456 g/mol. The second-order valence-electron chi connectivity index (χ2n) is 10.0. The fourth-order valence-electron chi connectivity index (χ4n) is 4.41. The molecule has 0 amide bonds. The van der Waals surface area contributed by atoms with Crippen LogP contribution in [0.2, 0.25) is 0 Å². The van der Waals surface area contributed by atoms with Gasteiger partial charge in [0.15, 0.2) is 0 Å². The lowest BCUT2D eigenvalue weighted by molar-refractivity contribution is -0.155. The Hall–Kier alpha value is -2.08. The highest BCUT2D eigenvalue weighted by molar-refractivity contribution is 5.92. The van der Waals surface area contributed by atoms with E-state index in [0.29, 0.717) is 25.0 Å². The van der Waals surface area contributed by atoms with Crippen LogP contribution in [0.25, 0.3) is 0 Å². The molecule has 6 nitrogen and oxygen atoms in total. The van der Waals surface area contributed by atoms with E-state index in [0.717, 1.165) is 64.2 Å². The summed E-state index contributed by atoms with van der Waals surface area (Å²) < 4.78 is 10.7. The quantitative estimate of drug-likeness (QED) is 0.262. The molecular formula is C30H50O6. The van der Waals surface area contributed by atoms with Crippen LogP contribution in [0.15, 0.2) is 24.3 Å². The molecule has 36 heavy (non-hydrogen) atoms. The first-order chi connectivity index (χ1) is 17.4. The molecule has 0 heterocycles. The number of para-hydroxylation sites is 1. The van der Waals surface area contributed by atoms with Crippen LogP contribution < -0.4 is 0 Å². The first-order valence-corrected chi connectivity index (χ1v) is 14.2. The largest absolute Gasteiger partial charge is 0.507 e. The van der Waals surface area contributed by atoms with Crippen LogP contribution in [-0.2, 0) is 14.3 Å². The third kappa shape index (κ3) is 12.2. The van der Waals surface area contributed by atoms with E-state index in [4.69, 9.17) is 9.47 Å². The van der Waals surface area contributed by atoms with Gasteiger partial charge in [0.25, 0.3) is 0 Å².